The zero-order chi connectivity index (χ0) is 22.0. The van der Waals surface area contributed by atoms with Crippen LogP contribution in [-0.2, 0) is 0 Å². The second kappa shape index (κ2) is 8.63. The molecule has 0 amide bonds. The first kappa shape index (κ1) is 21.2. The van der Waals surface area contributed by atoms with Gasteiger partial charge in [-0.15, -0.1) is 0 Å². The Bertz CT molecular complexity index is 1030. The van der Waals surface area contributed by atoms with Crippen LogP contribution in [0.15, 0.2) is 24.8 Å². The van der Waals surface area contributed by atoms with Gasteiger partial charge in [0.2, 0.25) is 0 Å². The fraction of sp³-hybridized carbons (Fsp3) is 0.474. The van der Waals surface area contributed by atoms with E-state index in [0.717, 1.165) is 31.3 Å². The minimum atomic E-state index is -4.41. The van der Waals surface area contributed by atoms with E-state index in [1.165, 1.54) is 6.33 Å². The van der Waals surface area contributed by atoms with E-state index in [9.17, 15) is 18.3 Å². The van der Waals surface area contributed by atoms with Crippen LogP contribution in [0.4, 0.5) is 24.8 Å². The van der Waals surface area contributed by atoms with Gasteiger partial charge in [-0.05, 0) is 19.8 Å². The molecule has 2 atom stereocenters. The number of H-pyrrole nitrogens is 1. The van der Waals surface area contributed by atoms with Crippen molar-refractivity contribution in [3.05, 3.63) is 24.8 Å². The van der Waals surface area contributed by atoms with Crippen molar-refractivity contribution >= 4 is 22.7 Å². The number of nitrogens with one attached hydrogen (secondary N) is 3. The van der Waals surface area contributed by atoms with Crippen LogP contribution in [0.25, 0.3) is 22.4 Å². The summed E-state index contributed by atoms with van der Waals surface area (Å²) in [5.41, 5.74) is 1.36. The Morgan fingerprint density at radius 1 is 1.26 bits per heavy atom. The lowest BCUT2D eigenvalue weighted by Gasteiger charge is -2.24. The number of hydrogen-bond donors (Lipinski definition) is 4. The lowest BCUT2D eigenvalue weighted by molar-refractivity contribution is -0.131. The van der Waals surface area contributed by atoms with Crippen LogP contribution in [0.3, 0.4) is 0 Å². The Morgan fingerprint density at radius 3 is 2.77 bits per heavy atom. The molecule has 0 spiro atoms. The summed E-state index contributed by atoms with van der Waals surface area (Å²) in [6, 6.07) is 1.01. The van der Waals surface area contributed by atoms with Gasteiger partial charge in [-0.25, -0.2) is 19.9 Å². The summed E-state index contributed by atoms with van der Waals surface area (Å²) in [4.78, 5) is 22.7. The van der Waals surface area contributed by atoms with Crippen molar-refractivity contribution < 1.29 is 18.3 Å². The molecule has 1 saturated heterocycles. The van der Waals surface area contributed by atoms with Crippen LogP contribution in [0.2, 0.25) is 0 Å². The number of aliphatic hydroxyl groups excluding tert-OH is 1. The van der Waals surface area contributed by atoms with E-state index >= 15 is 0 Å². The third-order valence-corrected chi connectivity index (χ3v) is 5.10. The highest BCUT2D eigenvalue weighted by molar-refractivity contribution is 5.91. The number of fused-ring (bicyclic) bond motifs is 1. The zero-order valence-corrected chi connectivity index (χ0v) is 16.8. The van der Waals surface area contributed by atoms with Gasteiger partial charge in [0.25, 0.3) is 0 Å². The summed E-state index contributed by atoms with van der Waals surface area (Å²) >= 11 is 0. The maximum atomic E-state index is 12.4. The van der Waals surface area contributed by atoms with E-state index in [1.807, 2.05) is 0 Å². The summed E-state index contributed by atoms with van der Waals surface area (Å²) < 4.78 is 37.3. The van der Waals surface area contributed by atoms with E-state index in [4.69, 9.17) is 4.98 Å². The second-order valence-electron chi connectivity index (χ2n) is 7.49. The average molecular weight is 436 g/mol. The standard InChI is InChI=1S/C19H23F3N8O/c1-11(18(31)25-9-19(20,21)22)27-14-6-15(30-4-2-3-5-30)29-17(28-14)13-8-24-16-12(13)7-23-10-26-16/h6-8,10-11,18,25,31H,2-5,9H2,1H3,(H,23,24,26)(H,27,28,29). The predicted molar refractivity (Wildman–Crippen MR) is 110 cm³/mol. The Labute approximate surface area is 176 Å². The predicted octanol–water partition coefficient (Wildman–Crippen LogP) is 2.29. The average Bonchev–Trinajstić information content (AvgIpc) is 3.41. The zero-order valence-electron chi connectivity index (χ0n) is 16.8. The number of aromatic nitrogens is 5. The highest BCUT2D eigenvalue weighted by Gasteiger charge is 2.29. The van der Waals surface area contributed by atoms with E-state index in [1.54, 1.807) is 25.4 Å². The molecule has 0 aliphatic carbocycles. The van der Waals surface area contributed by atoms with Crippen LogP contribution in [0, 0.1) is 0 Å². The number of rotatable bonds is 7. The Kier molecular flexibility index (Phi) is 5.92. The second-order valence-corrected chi connectivity index (χ2v) is 7.49. The molecular formula is C19H23F3N8O. The van der Waals surface area contributed by atoms with Gasteiger partial charge < -0.3 is 20.3 Å². The summed E-state index contributed by atoms with van der Waals surface area (Å²) in [6.07, 6.45) is 1.13. The first-order valence-corrected chi connectivity index (χ1v) is 9.96. The lowest BCUT2D eigenvalue weighted by Crippen LogP contribution is -2.46. The number of alkyl halides is 3. The first-order chi connectivity index (χ1) is 14.8. The van der Waals surface area contributed by atoms with E-state index in [-0.39, 0.29) is 0 Å². The van der Waals surface area contributed by atoms with Crippen LogP contribution in [0.5, 0.6) is 0 Å². The van der Waals surface area contributed by atoms with E-state index < -0.39 is 25.0 Å². The molecule has 0 bridgehead atoms. The Balaban J connectivity index is 1.62. The van der Waals surface area contributed by atoms with E-state index in [0.29, 0.717) is 28.7 Å². The number of aromatic amines is 1. The molecule has 0 saturated carbocycles. The molecule has 0 radical (unpaired) electrons. The minimum absolute atomic E-state index is 0.401. The van der Waals surface area contributed by atoms with Crippen LogP contribution in [0.1, 0.15) is 19.8 Å². The van der Waals surface area contributed by atoms with Gasteiger partial charge in [0.15, 0.2) is 5.82 Å². The Hall–Kier alpha value is -2.99. The SMILES string of the molecule is CC(Nc1cc(N2CCCC2)nc(-c2c[nH]c3ncncc23)n1)C(O)NCC(F)(F)F. The van der Waals surface area contributed by atoms with Crippen LogP contribution < -0.4 is 15.5 Å². The van der Waals surface area contributed by atoms with Crippen molar-refractivity contribution in [3.63, 3.8) is 0 Å². The van der Waals surface area contributed by atoms with Crippen molar-refractivity contribution in [2.24, 2.45) is 0 Å². The van der Waals surface area contributed by atoms with Gasteiger partial charge in [-0.3, -0.25) is 5.32 Å². The van der Waals surface area contributed by atoms with Crippen molar-refractivity contribution in [2.75, 3.05) is 29.9 Å². The molecule has 31 heavy (non-hydrogen) atoms. The summed E-state index contributed by atoms with van der Waals surface area (Å²) in [7, 11) is 0. The molecule has 1 aliphatic rings. The first-order valence-electron chi connectivity index (χ1n) is 9.96. The summed E-state index contributed by atoms with van der Waals surface area (Å²) in [5.74, 6) is 1.54. The van der Waals surface area contributed by atoms with Gasteiger partial charge in [-0.2, -0.15) is 13.2 Å². The molecular weight excluding hydrogens is 413 g/mol. The van der Waals surface area contributed by atoms with Gasteiger partial charge in [0.1, 0.15) is 29.8 Å². The van der Waals surface area contributed by atoms with Crippen molar-refractivity contribution in [1.29, 1.82) is 0 Å². The highest BCUT2D eigenvalue weighted by atomic mass is 19.4. The third-order valence-electron chi connectivity index (χ3n) is 5.10. The molecule has 12 heteroatoms. The molecule has 2 unspecified atom stereocenters. The maximum Gasteiger partial charge on any atom is 0.401 e. The lowest BCUT2D eigenvalue weighted by atomic mass is 10.2. The van der Waals surface area contributed by atoms with Crippen molar-refractivity contribution in [3.8, 4) is 11.4 Å². The minimum Gasteiger partial charge on any atom is -0.376 e. The summed E-state index contributed by atoms with van der Waals surface area (Å²) in [6.45, 7) is 2.00. The number of halogens is 3. The summed E-state index contributed by atoms with van der Waals surface area (Å²) in [5, 5.41) is 15.9. The normalized spacial score (nSPS) is 16.6. The highest BCUT2D eigenvalue weighted by Crippen LogP contribution is 2.29. The Morgan fingerprint density at radius 2 is 2.03 bits per heavy atom. The van der Waals surface area contributed by atoms with Gasteiger partial charge in [0, 0.05) is 42.5 Å². The molecule has 4 N–H and O–H groups in total. The fourth-order valence-corrected chi connectivity index (χ4v) is 3.49. The number of nitrogens with zero attached hydrogens (tertiary/aromatic N) is 5. The largest absolute Gasteiger partial charge is 0.401 e. The monoisotopic (exact) mass is 436 g/mol. The molecule has 4 heterocycles. The van der Waals surface area contributed by atoms with Gasteiger partial charge >= 0.3 is 6.18 Å². The van der Waals surface area contributed by atoms with Gasteiger partial charge in [0.05, 0.1) is 12.6 Å². The fourth-order valence-electron chi connectivity index (χ4n) is 3.49. The third kappa shape index (κ3) is 5.02. The smallest absolute Gasteiger partial charge is 0.376 e. The number of anilines is 2. The molecule has 4 rings (SSSR count). The molecule has 3 aromatic rings. The van der Waals surface area contributed by atoms with Crippen LogP contribution in [-0.4, -0.2) is 68.1 Å². The number of hydrogen-bond acceptors (Lipinski definition) is 8. The molecule has 9 nitrogen and oxygen atoms in total. The molecule has 0 aromatic carbocycles. The van der Waals surface area contributed by atoms with Crippen molar-refractivity contribution in [1.82, 2.24) is 30.2 Å². The molecule has 166 valence electrons. The number of aliphatic hydroxyl groups is 1. The molecule has 3 aromatic heterocycles. The topological polar surface area (TPSA) is 115 Å². The molecule has 1 fully saturated rings. The van der Waals surface area contributed by atoms with Gasteiger partial charge in [-0.1, -0.05) is 0 Å². The van der Waals surface area contributed by atoms with Crippen LogP contribution >= 0.6 is 0 Å². The quantitative estimate of drug-likeness (QED) is 0.417. The van der Waals surface area contributed by atoms with E-state index in [2.05, 4.69) is 35.5 Å². The maximum absolute atomic E-state index is 12.4. The molecule has 1 aliphatic heterocycles. The van der Waals surface area contributed by atoms with Crippen molar-refractivity contribution in [2.45, 2.75) is 38.2 Å².